The number of piperidine rings is 1. The fraction of sp³-hybridized carbons (Fsp3) is 0.550. The van der Waals surface area contributed by atoms with Gasteiger partial charge in [-0.15, -0.1) is 0 Å². The molecule has 1 saturated heterocycles. The van der Waals surface area contributed by atoms with Crippen LogP contribution >= 0.6 is 0 Å². The zero-order valence-corrected chi connectivity index (χ0v) is 15.6. The number of aliphatic hydroxyl groups is 1. The highest BCUT2D eigenvalue weighted by atomic mass is 19.4. The molecule has 1 aliphatic rings. The zero-order valence-electron chi connectivity index (χ0n) is 15.6. The maximum absolute atomic E-state index is 13.4. The molecule has 1 aromatic carbocycles. The van der Waals surface area contributed by atoms with E-state index in [-0.39, 0.29) is 22.7 Å². The summed E-state index contributed by atoms with van der Waals surface area (Å²) in [4.78, 5) is 3.65. The minimum Gasteiger partial charge on any atom is -0.387 e. The molecule has 3 rings (SSSR count). The summed E-state index contributed by atoms with van der Waals surface area (Å²) < 4.78 is 59.4. The molecule has 3 unspecified atom stereocenters. The van der Waals surface area contributed by atoms with Crippen LogP contribution in [0.5, 0.6) is 0 Å². The summed E-state index contributed by atoms with van der Waals surface area (Å²) in [5, 5.41) is 14.5. The van der Waals surface area contributed by atoms with Crippen molar-refractivity contribution in [2.24, 2.45) is 0 Å². The fourth-order valence-electron chi connectivity index (χ4n) is 3.68. The smallest absolute Gasteiger partial charge is 0.387 e. The van der Waals surface area contributed by atoms with Crippen molar-refractivity contribution in [3.05, 3.63) is 41.1 Å². The maximum Gasteiger partial charge on any atom is 0.433 e. The third-order valence-electron chi connectivity index (χ3n) is 5.03. The highest BCUT2D eigenvalue weighted by molar-refractivity contribution is 5.85. The Morgan fingerprint density at radius 2 is 2.14 bits per heavy atom. The highest BCUT2D eigenvalue weighted by Crippen LogP contribution is 2.36. The van der Waals surface area contributed by atoms with E-state index in [9.17, 15) is 22.7 Å². The summed E-state index contributed by atoms with van der Waals surface area (Å²) in [6.07, 6.45) is -3.90. The van der Waals surface area contributed by atoms with Gasteiger partial charge in [0.2, 0.25) is 0 Å². The number of benzene rings is 1. The van der Waals surface area contributed by atoms with Crippen molar-refractivity contribution >= 4 is 10.9 Å². The summed E-state index contributed by atoms with van der Waals surface area (Å²) in [5.74, 6) is 0. The standard InChI is InChI=1S/C20H24F4N2O2/c1-2-9-28-15-7-4-8-25-18(15)19(27)14-10-16(20(22,23)24)26-17-12(11-21)5-3-6-13(14)17/h3,5-6,10,15,18-19,25,27H,2,4,7-9,11H2,1H3. The monoisotopic (exact) mass is 400 g/mol. The molecule has 2 aromatic rings. The number of hydrogen-bond acceptors (Lipinski definition) is 4. The number of nitrogens with zero attached hydrogens (tertiary/aromatic N) is 1. The van der Waals surface area contributed by atoms with Gasteiger partial charge in [-0.25, -0.2) is 9.37 Å². The average molecular weight is 400 g/mol. The number of para-hydroxylation sites is 1. The SMILES string of the molecule is CCCOC1CCCNC1C(O)c1cc(C(F)(F)F)nc2c(CF)cccc12. The molecule has 28 heavy (non-hydrogen) atoms. The molecule has 4 nitrogen and oxygen atoms in total. The first kappa shape index (κ1) is 21.0. The van der Waals surface area contributed by atoms with E-state index in [1.54, 1.807) is 12.1 Å². The van der Waals surface area contributed by atoms with Crippen LogP contribution < -0.4 is 5.32 Å². The Bertz CT molecular complexity index is 813. The van der Waals surface area contributed by atoms with Crippen molar-refractivity contribution in [1.82, 2.24) is 10.3 Å². The molecule has 3 atom stereocenters. The highest BCUT2D eigenvalue weighted by Gasteiger charge is 2.37. The molecule has 8 heteroatoms. The first-order valence-electron chi connectivity index (χ1n) is 9.45. The van der Waals surface area contributed by atoms with Crippen LogP contribution in [0.2, 0.25) is 0 Å². The van der Waals surface area contributed by atoms with Crippen LogP contribution in [0.1, 0.15) is 49.1 Å². The topological polar surface area (TPSA) is 54.4 Å². The predicted molar refractivity (Wildman–Crippen MR) is 97.6 cm³/mol. The second-order valence-electron chi connectivity index (χ2n) is 7.02. The van der Waals surface area contributed by atoms with Gasteiger partial charge in [-0.1, -0.05) is 25.1 Å². The molecule has 2 heterocycles. The molecule has 2 N–H and O–H groups in total. The van der Waals surface area contributed by atoms with E-state index < -0.39 is 30.7 Å². The Morgan fingerprint density at radius 1 is 1.36 bits per heavy atom. The number of nitrogens with one attached hydrogen (secondary N) is 1. The van der Waals surface area contributed by atoms with E-state index in [1.165, 1.54) is 6.07 Å². The number of rotatable bonds is 6. The zero-order chi connectivity index (χ0) is 20.3. The number of fused-ring (bicyclic) bond motifs is 1. The molecule has 1 aromatic heterocycles. The molecule has 1 fully saturated rings. The van der Waals surface area contributed by atoms with Crippen LogP contribution in [-0.4, -0.2) is 35.4 Å². The number of pyridine rings is 1. The quantitative estimate of drug-likeness (QED) is 0.710. The van der Waals surface area contributed by atoms with Gasteiger partial charge < -0.3 is 15.2 Å². The first-order chi connectivity index (χ1) is 13.4. The summed E-state index contributed by atoms with van der Waals surface area (Å²) in [6, 6.07) is 4.83. The maximum atomic E-state index is 13.4. The van der Waals surface area contributed by atoms with Gasteiger partial charge in [0.15, 0.2) is 0 Å². The fourth-order valence-corrected chi connectivity index (χ4v) is 3.68. The molecular formula is C20H24F4N2O2. The van der Waals surface area contributed by atoms with E-state index in [1.807, 2.05) is 6.92 Å². The van der Waals surface area contributed by atoms with E-state index in [0.29, 0.717) is 25.0 Å². The first-order valence-corrected chi connectivity index (χ1v) is 9.45. The molecule has 0 amide bonds. The number of ether oxygens (including phenoxy) is 1. The number of hydrogen-bond donors (Lipinski definition) is 2. The lowest BCUT2D eigenvalue weighted by Gasteiger charge is -2.36. The second-order valence-corrected chi connectivity index (χ2v) is 7.02. The Morgan fingerprint density at radius 3 is 2.82 bits per heavy atom. The molecular weight excluding hydrogens is 376 g/mol. The van der Waals surface area contributed by atoms with Crippen LogP contribution in [0.25, 0.3) is 10.9 Å². The average Bonchev–Trinajstić information content (AvgIpc) is 2.69. The summed E-state index contributed by atoms with van der Waals surface area (Å²) in [5.41, 5.74) is -1.07. The van der Waals surface area contributed by atoms with Crippen molar-refractivity contribution in [3.8, 4) is 0 Å². The lowest BCUT2D eigenvalue weighted by molar-refractivity contribution is -0.141. The molecule has 0 aliphatic carbocycles. The normalized spacial score (nSPS) is 21.8. The Hall–Kier alpha value is -1.77. The van der Waals surface area contributed by atoms with Gasteiger partial charge >= 0.3 is 6.18 Å². The summed E-state index contributed by atoms with van der Waals surface area (Å²) in [7, 11) is 0. The lowest BCUT2D eigenvalue weighted by atomic mass is 9.89. The van der Waals surface area contributed by atoms with Gasteiger partial charge in [-0.05, 0) is 37.4 Å². The molecule has 0 spiro atoms. The molecule has 1 aliphatic heterocycles. The third kappa shape index (κ3) is 4.29. The van der Waals surface area contributed by atoms with Crippen LogP contribution in [0.15, 0.2) is 24.3 Å². The van der Waals surface area contributed by atoms with E-state index in [2.05, 4.69) is 10.3 Å². The third-order valence-corrected chi connectivity index (χ3v) is 5.03. The van der Waals surface area contributed by atoms with Gasteiger partial charge in [0.05, 0.1) is 23.8 Å². The predicted octanol–water partition coefficient (Wildman–Crippen LogP) is 4.30. The van der Waals surface area contributed by atoms with Crippen molar-refractivity contribution < 1.29 is 27.4 Å². The number of halogens is 4. The number of aliphatic hydroxyl groups excluding tert-OH is 1. The summed E-state index contributed by atoms with van der Waals surface area (Å²) >= 11 is 0. The van der Waals surface area contributed by atoms with Gasteiger partial charge in [0.25, 0.3) is 0 Å². The minimum absolute atomic E-state index is 0.0624. The van der Waals surface area contributed by atoms with Gasteiger partial charge in [0.1, 0.15) is 12.4 Å². The Balaban J connectivity index is 2.09. The molecule has 154 valence electrons. The van der Waals surface area contributed by atoms with E-state index >= 15 is 0 Å². The number of alkyl halides is 4. The van der Waals surface area contributed by atoms with Crippen molar-refractivity contribution in [1.29, 1.82) is 0 Å². The largest absolute Gasteiger partial charge is 0.433 e. The lowest BCUT2D eigenvalue weighted by Crippen LogP contribution is -2.49. The number of aromatic nitrogens is 1. The Kier molecular flexibility index (Phi) is 6.52. The van der Waals surface area contributed by atoms with E-state index in [4.69, 9.17) is 4.74 Å². The molecule has 0 radical (unpaired) electrons. The van der Waals surface area contributed by atoms with E-state index in [0.717, 1.165) is 18.9 Å². The van der Waals surface area contributed by atoms with Crippen molar-refractivity contribution in [2.75, 3.05) is 13.2 Å². The van der Waals surface area contributed by atoms with Gasteiger partial charge in [0, 0.05) is 17.6 Å². The van der Waals surface area contributed by atoms with Crippen LogP contribution in [0.3, 0.4) is 0 Å². The second kappa shape index (κ2) is 8.71. The minimum atomic E-state index is -4.70. The molecule has 0 bridgehead atoms. The van der Waals surface area contributed by atoms with Crippen molar-refractivity contribution in [3.63, 3.8) is 0 Å². The van der Waals surface area contributed by atoms with Crippen LogP contribution in [-0.2, 0) is 17.6 Å². The Labute approximate surface area is 160 Å². The van der Waals surface area contributed by atoms with Crippen LogP contribution in [0.4, 0.5) is 17.6 Å². The van der Waals surface area contributed by atoms with Crippen molar-refractivity contribution in [2.45, 2.75) is 57.3 Å². The van der Waals surface area contributed by atoms with Gasteiger partial charge in [-0.2, -0.15) is 13.2 Å². The van der Waals surface area contributed by atoms with Crippen LogP contribution in [0, 0.1) is 0 Å². The van der Waals surface area contributed by atoms with Gasteiger partial charge in [-0.3, -0.25) is 0 Å². The molecule has 0 saturated carbocycles. The summed E-state index contributed by atoms with van der Waals surface area (Å²) in [6.45, 7) is 2.17.